The van der Waals surface area contributed by atoms with Crippen LogP contribution >= 0.6 is 23.2 Å². The molecule has 0 N–H and O–H groups in total. The summed E-state index contributed by atoms with van der Waals surface area (Å²) < 4.78 is 45.9. The number of alkyl halides is 3. The number of benzene rings is 2. The number of rotatable bonds is 4. The van der Waals surface area contributed by atoms with E-state index in [1.807, 2.05) is 0 Å². The highest BCUT2D eigenvalue weighted by atomic mass is 35.5. The zero-order valence-electron chi connectivity index (χ0n) is 16.6. The van der Waals surface area contributed by atoms with Crippen molar-refractivity contribution in [1.29, 1.82) is 0 Å². The van der Waals surface area contributed by atoms with E-state index in [-0.39, 0.29) is 22.8 Å². The Morgan fingerprint density at radius 3 is 2.22 bits per heavy atom. The highest BCUT2D eigenvalue weighted by molar-refractivity contribution is 6.31. The van der Waals surface area contributed by atoms with Gasteiger partial charge in [0.25, 0.3) is 0 Å². The number of imidazole rings is 1. The minimum Gasteiger partial charge on any atom is -0.462 e. The van der Waals surface area contributed by atoms with E-state index in [0.717, 1.165) is 12.1 Å². The fraction of sp³-hybridized carbons (Fsp3) is 0.130. The number of aromatic nitrogens is 2. The number of hydrogen-bond donors (Lipinski definition) is 0. The van der Waals surface area contributed by atoms with Crippen molar-refractivity contribution in [2.45, 2.75) is 13.1 Å². The van der Waals surface area contributed by atoms with Crippen LogP contribution in [0, 0.1) is 0 Å². The van der Waals surface area contributed by atoms with Crippen molar-refractivity contribution >= 4 is 34.8 Å². The molecule has 32 heavy (non-hydrogen) atoms. The predicted octanol–water partition coefficient (Wildman–Crippen LogP) is 7.17. The van der Waals surface area contributed by atoms with E-state index in [0.29, 0.717) is 27.5 Å². The molecule has 4 rings (SSSR count). The monoisotopic (exact) mass is 478 g/mol. The fourth-order valence-electron chi connectivity index (χ4n) is 3.37. The zero-order chi connectivity index (χ0) is 23.0. The maximum atomic E-state index is 13.0. The lowest BCUT2D eigenvalue weighted by atomic mass is 10.0. The number of esters is 1. The second-order valence-electron chi connectivity index (χ2n) is 6.88. The van der Waals surface area contributed by atoms with Crippen molar-refractivity contribution in [3.63, 3.8) is 0 Å². The summed E-state index contributed by atoms with van der Waals surface area (Å²) in [5, 5.41) is 0.788. The number of pyridine rings is 1. The van der Waals surface area contributed by atoms with Crippen LogP contribution in [0.2, 0.25) is 10.0 Å². The average molecular weight is 479 g/mol. The molecule has 0 radical (unpaired) electrons. The van der Waals surface area contributed by atoms with E-state index in [1.165, 1.54) is 18.2 Å². The van der Waals surface area contributed by atoms with Crippen LogP contribution in [0.5, 0.6) is 0 Å². The van der Waals surface area contributed by atoms with Gasteiger partial charge in [0, 0.05) is 22.3 Å². The van der Waals surface area contributed by atoms with Gasteiger partial charge in [0.2, 0.25) is 0 Å². The van der Waals surface area contributed by atoms with Crippen molar-refractivity contribution in [2.75, 3.05) is 6.61 Å². The van der Waals surface area contributed by atoms with Crippen LogP contribution in [-0.4, -0.2) is 22.0 Å². The summed E-state index contributed by atoms with van der Waals surface area (Å²) in [7, 11) is 0. The average Bonchev–Trinajstić information content (AvgIpc) is 3.12. The van der Waals surface area contributed by atoms with Crippen LogP contribution in [0.4, 0.5) is 13.2 Å². The molecule has 2 aromatic heterocycles. The van der Waals surface area contributed by atoms with E-state index in [1.54, 1.807) is 41.8 Å². The Balaban J connectivity index is 2.01. The van der Waals surface area contributed by atoms with Gasteiger partial charge in [-0.2, -0.15) is 13.2 Å². The van der Waals surface area contributed by atoms with E-state index >= 15 is 0 Å². The molecular formula is C23H15Cl2F3N2O2. The van der Waals surface area contributed by atoms with Crippen LogP contribution in [0.15, 0.2) is 60.8 Å². The largest absolute Gasteiger partial charge is 0.462 e. The molecule has 0 saturated carbocycles. The lowest BCUT2D eigenvalue weighted by Gasteiger charge is -2.09. The molecule has 0 aliphatic rings. The van der Waals surface area contributed by atoms with E-state index in [9.17, 15) is 18.0 Å². The van der Waals surface area contributed by atoms with Crippen molar-refractivity contribution in [1.82, 2.24) is 9.38 Å². The molecule has 0 aliphatic carbocycles. The molecule has 2 aromatic carbocycles. The number of nitrogens with zero attached hydrogens (tertiary/aromatic N) is 2. The Morgan fingerprint density at radius 2 is 1.62 bits per heavy atom. The normalized spacial score (nSPS) is 11.7. The second kappa shape index (κ2) is 8.48. The number of ether oxygens (including phenoxy) is 1. The molecule has 4 aromatic rings. The molecule has 9 heteroatoms. The summed E-state index contributed by atoms with van der Waals surface area (Å²) in [6.45, 7) is 1.84. The molecule has 4 nitrogen and oxygen atoms in total. The Kier molecular flexibility index (Phi) is 5.88. The molecule has 2 heterocycles. The van der Waals surface area contributed by atoms with E-state index in [4.69, 9.17) is 27.9 Å². The molecule has 164 valence electrons. The third-order valence-electron chi connectivity index (χ3n) is 4.79. The zero-order valence-corrected chi connectivity index (χ0v) is 18.1. The highest BCUT2D eigenvalue weighted by Gasteiger charge is 2.30. The first-order chi connectivity index (χ1) is 15.2. The summed E-state index contributed by atoms with van der Waals surface area (Å²) in [6, 6.07) is 13.0. The summed E-state index contributed by atoms with van der Waals surface area (Å²) >= 11 is 12.3. The maximum absolute atomic E-state index is 13.0. The number of carbonyl (C=O) groups excluding carboxylic acids is 1. The lowest BCUT2D eigenvalue weighted by molar-refractivity contribution is -0.137. The molecule has 0 aliphatic heterocycles. The molecule has 0 bridgehead atoms. The predicted molar refractivity (Wildman–Crippen MR) is 117 cm³/mol. The van der Waals surface area contributed by atoms with Gasteiger partial charge in [0.05, 0.1) is 28.6 Å². The molecule has 0 atom stereocenters. The Hall–Kier alpha value is -3.03. The first-order valence-corrected chi connectivity index (χ1v) is 10.3. The third-order valence-corrected chi connectivity index (χ3v) is 5.24. The quantitative estimate of drug-likeness (QED) is 0.292. The number of halogens is 5. The highest BCUT2D eigenvalue weighted by Crippen LogP contribution is 2.37. The van der Waals surface area contributed by atoms with Crippen LogP contribution in [0.1, 0.15) is 22.8 Å². The van der Waals surface area contributed by atoms with Crippen molar-refractivity contribution in [2.24, 2.45) is 0 Å². The fourth-order valence-corrected chi connectivity index (χ4v) is 3.71. The van der Waals surface area contributed by atoms with Gasteiger partial charge in [-0.05, 0) is 37.3 Å². The van der Waals surface area contributed by atoms with E-state index < -0.39 is 17.7 Å². The van der Waals surface area contributed by atoms with Crippen LogP contribution in [0.25, 0.3) is 28.2 Å². The number of fused-ring (bicyclic) bond motifs is 1. The van der Waals surface area contributed by atoms with Gasteiger partial charge in [-0.15, -0.1) is 0 Å². The third kappa shape index (κ3) is 4.18. The van der Waals surface area contributed by atoms with Crippen LogP contribution < -0.4 is 0 Å². The minimum atomic E-state index is -4.46. The van der Waals surface area contributed by atoms with Gasteiger partial charge in [-0.1, -0.05) is 47.5 Å². The SMILES string of the molecule is CCOC(=O)c1cc(Cl)cn2c(-c3ccc(Cl)cc3)c(-c3ccc(C(F)(F)F)cc3)nc12. The smallest absolute Gasteiger partial charge is 0.416 e. The molecule has 0 saturated heterocycles. The Morgan fingerprint density at radius 1 is 1.00 bits per heavy atom. The topological polar surface area (TPSA) is 43.6 Å². The second-order valence-corrected chi connectivity index (χ2v) is 7.75. The molecular weight excluding hydrogens is 464 g/mol. The first-order valence-electron chi connectivity index (χ1n) is 9.51. The van der Waals surface area contributed by atoms with Crippen molar-refractivity contribution in [3.05, 3.63) is 82.0 Å². The van der Waals surface area contributed by atoms with Gasteiger partial charge < -0.3 is 4.74 Å². The molecule has 0 amide bonds. The summed E-state index contributed by atoms with van der Waals surface area (Å²) in [4.78, 5) is 17.1. The lowest BCUT2D eigenvalue weighted by Crippen LogP contribution is -2.07. The minimum absolute atomic E-state index is 0.146. The summed E-state index contributed by atoms with van der Waals surface area (Å²) in [5.41, 5.74) is 1.71. The van der Waals surface area contributed by atoms with Gasteiger partial charge in [-0.3, -0.25) is 4.40 Å². The van der Waals surface area contributed by atoms with Gasteiger partial charge >= 0.3 is 12.1 Å². The number of hydrogen-bond acceptors (Lipinski definition) is 3. The molecule has 0 spiro atoms. The van der Waals surface area contributed by atoms with E-state index in [2.05, 4.69) is 4.98 Å². The van der Waals surface area contributed by atoms with Gasteiger partial charge in [0.15, 0.2) is 5.65 Å². The van der Waals surface area contributed by atoms with Gasteiger partial charge in [0.1, 0.15) is 5.56 Å². The van der Waals surface area contributed by atoms with Crippen LogP contribution in [-0.2, 0) is 10.9 Å². The van der Waals surface area contributed by atoms with Crippen molar-refractivity contribution < 1.29 is 22.7 Å². The Bertz CT molecular complexity index is 1300. The van der Waals surface area contributed by atoms with Crippen molar-refractivity contribution in [3.8, 4) is 22.5 Å². The number of carbonyl (C=O) groups is 1. The van der Waals surface area contributed by atoms with Crippen LogP contribution in [0.3, 0.4) is 0 Å². The molecule has 0 unspecified atom stereocenters. The van der Waals surface area contributed by atoms with Gasteiger partial charge in [-0.25, -0.2) is 9.78 Å². The standard InChI is InChI=1S/C23H15Cl2F3N2O2/c1-2-32-22(31)18-11-17(25)12-30-20(14-5-9-16(24)10-6-14)19(29-21(18)30)13-3-7-15(8-4-13)23(26,27)28/h3-12H,2H2,1H3. The molecule has 0 fully saturated rings. The summed E-state index contributed by atoms with van der Waals surface area (Å²) in [5.74, 6) is -0.605. The first kappa shape index (κ1) is 22.2. The maximum Gasteiger partial charge on any atom is 0.416 e. The Labute approximate surface area is 191 Å². The summed E-state index contributed by atoms with van der Waals surface area (Å²) in [6.07, 6.45) is -2.87.